The highest BCUT2D eigenvalue weighted by molar-refractivity contribution is 7.15. The van der Waals surface area contributed by atoms with Crippen LogP contribution in [0.3, 0.4) is 0 Å². The molecule has 0 bridgehead atoms. The van der Waals surface area contributed by atoms with Gasteiger partial charge in [0.05, 0.1) is 5.69 Å². The van der Waals surface area contributed by atoms with E-state index in [1.807, 2.05) is 18.4 Å². The van der Waals surface area contributed by atoms with E-state index >= 15 is 0 Å². The van der Waals surface area contributed by atoms with E-state index in [1.54, 1.807) is 0 Å². The van der Waals surface area contributed by atoms with Crippen LogP contribution in [0.5, 0.6) is 0 Å². The van der Waals surface area contributed by atoms with Crippen LogP contribution in [-0.2, 0) is 6.54 Å². The van der Waals surface area contributed by atoms with Gasteiger partial charge in [-0.1, -0.05) is 13.8 Å². The molecule has 4 heteroatoms. The van der Waals surface area contributed by atoms with Crippen LogP contribution in [0.25, 0.3) is 0 Å². The molecule has 3 rings (SSSR count). The number of hydrogen-bond donors (Lipinski definition) is 1. The van der Waals surface area contributed by atoms with Crippen LogP contribution in [0.1, 0.15) is 56.0 Å². The van der Waals surface area contributed by atoms with E-state index in [0.717, 1.165) is 25.0 Å². The Hall–Kier alpha value is -0.610. The summed E-state index contributed by atoms with van der Waals surface area (Å²) in [7, 11) is 2.03. The molecule has 0 aliphatic heterocycles. The first-order chi connectivity index (χ1) is 9.19. The summed E-state index contributed by atoms with van der Waals surface area (Å²) in [6.07, 6.45) is 5.39. The second-order valence-corrected chi connectivity index (χ2v) is 7.45. The molecule has 0 saturated heterocycles. The number of rotatable bonds is 7. The minimum atomic E-state index is 0.710. The fourth-order valence-corrected chi connectivity index (χ4v) is 3.84. The molecule has 0 unspecified atom stereocenters. The minimum Gasteiger partial charge on any atom is -0.345 e. The lowest BCUT2D eigenvalue weighted by atomic mass is 10.2. The second kappa shape index (κ2) is 5.41. The Morgan fingerprint density at radius 2 is 2.05 bits per heavy atom. The van der Waals surface area contributed by atoms with Crippen LogP contribution in [0.2, 0.25) is 0 Å². The first-order valence-electron chi connectivity index (χ1n) is 7.60. The van der Waals surface area contributed by atoms with Gasteiger partial charge >= 0.3 is 0 Å². The number of hydrogen-bond acceptors (Lipinski definition) is 4. The lowest BCUT2D eigenvalue weighted by Gasteiger charge is -2.23. The van der Waals surface area contributed by atoms with Crippen LogP contribution >= 0.6 is 11.3 Å². The highest BCUT2D eigenvalue weighted by Gasteiger charge is 2.34. The number of nitrogens with one attached hydrogen (secondary N) is 1. The van der Waals surface area contributed by atoms with Gasteiger partial charge in [0.2, 0.25) is 0 Å². The number of nitrogens with zero attached hydrogens (tertiary/aromatic N) is 2. The van der Waals surface area contributed by atoms with E-state index in [9.17, 15) is 0 Å². The van der Waals surface area contributed by atoms with Crippen LogP contribution in [0.4, 0.5) is 5.13 Å². The van der Waals surface area contributed by atoms with Crippen molar-refractivity contribution in [3.05, 3.63) is 10.6 Å². The van der Waals surface area contributed by atoms with E-state index < -0.39 is 0 Å². The summed E-state index contributed by atoms with van der Waals surface area (Å²) in [6, 6.07) is 0.767. The van der Waals surface area contributed by atoms with Crippen LogP contribution < -0.4 is 10.2 Å². The summed E-state index contributed by atoms with van der Waals surface area (Å²) in [6.45, 7) is 6.74. The van der Waals surface area contributed by atoms with Crippen LogP contribution in [-0.4, -0.2) is 24.6 Å². The Balaban J connectivity index is 1.83. The van der Waals surface area contributed by atoms with E-state index in [2.05, 4.69) is 24.1 Å². The number of thiazole rings is 1. The lowest BCUT2D eigenvalue weighted by molar-refractivity contribution is 0.606. The van der Waals surface area contributed by atoms with Crippen molar-refractivity contribution in [3.63, 3.8) is 0 Å². The maximum atomic E-state index is 5.01. The molecule has 1 heterocycles. The quantitative estimate of drug-likeness (QED) is 0.829. The molecule has 2 aliphatic carbocycles. The zero-order valence-corrected chi connectivity index (χ0v) is 13.1. The predicted molar refractivity (Wildman–Crippen MR) is 82.1 cm³/mol. The average Bonchev–Trinajstić information content (AvgIpc) is 3.25. The topological polar surface area (TPSA) is 28.2 Å². The van der Waals surface area contributed by atoms with Crippen molar-refractivity contribution in [1.29, 1.82) is 0 Å². The second-order valence-electron chi connectivity index (χ2n) is 6.39. The summed E-state index contributed by atoms with van der Waals surface area (Å²) >= 11 is 1.92. The zero-order valence-electron chi connectivity index (χ0n) is 12.3. The highest BCUT2D eigenvalue weighted by atomic mass is 32.1. The molecule has 1 N–H and O–H groups in total. The lowest BCUT2D eigenvalue weighted by Crippen LogP contribution is -2.29. The molecular weight excluding hydrogens is 254 g/mol. The normalized spacial score (nSPS) is 19.2. The van der Waals surface area contributed by atoms with E-state index in [-0.39, 0.29) is 0 Å². The Bertz CT molecular complexity index is 433. The van der Waals surface area contributed by atoms with E-state index in [1.165, 1.54) is 41.4 Å². The Labute approximate surface area is 120 Å². The van der Waals surface area contributed by atoms with Gasteiger partial charge in [0.15, 0.2) is 5.13 Å². The molecule has 2 aliphatic rings. The Morgan fingerprint density at radius 1 is 1.32 bits per heavy atom. The molecular formula is C15H25N3S. The summed E-state index contributed by atoms with van der Waals surface area (Å²) in [5.74, 6) is 1.47. The molecule has 0 amide bonds. The monoisotopic (exact) mass is 279 g/mol. The zero-order chi connectivity index (χ0) is 13.4. The molecule has 1 aromatic rings. The molecule has 0 spiro atoms. The van der Waals surface area contributed by atoms with Gasteiger partial charge in [-0.3, -0.25) is 0 Å². The van der Waals surface area contributed by atoms with Gasteiger partial charge in [0.25, 0.3) is 0 Å². The molecule has 0 aromatic carbocycles. The van der Waals surface area contributed by atoms with Crippen LogP contribution in [0, 0.1) is 5.92 Å². The van der Waals surface area contributed by atoms with Crippen LogP contribution in [0.15, 0.2) is 0 Å². The van der Waals surface area contributed by atoms with Crippen molar-refractivity contribution in [2.24, 2.45) is 5.92 Å². The fraction of sp³-hybridized carbons (Fsp3) is 0.800. The van der Waals surface area contributed by atoms with Crippen molar-refractivity contribution in [1.82, 2.24) is 10.3 Å². The first-order valence-corrected chi connectivity index (χ1v) is 8.41. The fourth-order valence-electron chi connectivity index (χ4n) is 2.60. The predicted octanol–water partition coefficient (Wildman–Crippen LogP) is 3.36. The molecule has 3 nitrogen and oxygen atoms in total. The largest absolute Gasteiger partial charge is 0.345 e. The van der Waals surface area contributed by atoms with Gasteiger partial charge in [-0.2, -0.15) is 0 Å². The molecule has 106 valence electrons. The van der Waals surface area contributed by atoms with Gasteiger partial charge in [-0.25, -0.2) is 4.98 Å². The maximum absolute atomic E-state index is 5.01. The minimum absolute atomic E-state index is 0.710. The third-order valence-electron chi connectivity index (χ3n) is 3.81. The van der Waals surface area contributed by atoms with Crippen molar-refractivity contribution in [3.8, 4) is 0 Å². The molecule has 0 radical (unpaired) electrons. The van der Waals surface area contributed by atoms with Gasteiger partial charge in [0, 0.05) is 29.9 Å². The van der Waals surface area contributed by atoms with Crippen molar-refractivity contribution < 1.29 is 0 Å². The Kier molecular flexibility index (Phi) is 3.81. The number of anilines is 1. The smallest absolute Gasteiger partial charge is 0.186 e. The van der Waals surface area contributed by atoms with Gasteiger partial charge in [-0.05, 0) is 38.6 Å². The van der Waals surface area contributed by atoms with Crippen molar-refractivity contribution >= 4 is 16.5 Å². The summed E-state index contributed by atoms with van der Waals surface area (Å²) in [5, 5.41) is 4.58. The molecule has 2 saturated carbocycles. The maximum Gasteiger partial charge on any atom is 0.186 e. The summed E-state index contributed by atoms with van der Waals surface area (Å²) < 4.78 is 0. The van der Waals surface area contributed by atoms with Crippen molar-refractivity contribution in [2.75, 3.05) is 18.5 Å². The average molecular weight is 279 g/mol. The van der Waals surface area contributed by atoms with Gasteiger partial charge in [0.1, 0.15) is 0 Å². The van der Waals surface area contributed by atoms with E-state index in [4.69, 9.17) is 4.98 Å². The summed E-state index contributed by atoms with van der Waals surface area (Å²) in [5.41, 5.74) is 1.39. The molecule has 1 aromatic heterocycles. The molecule has 19 heavy (non-hydrogen) atoms. The third kappa shape index (κ3) is 3.11. The third-order valence-corrected chi connectivity index (χ3v) is 4.92. The SMILES string of the molecule is CNCc1sc(N(CC(C)C)C2CC2)nc1C1CC1. The van der Waals surface area contributed by atoms with Gasteiger partial charge < -0.3 is 10.2 Å². The molecule has 2 fully saturated rings. The standard InChI is InChI=1S/C15H25N3S/c1-10(2)9-18(12-6-7-12)15-17-14(11-4-5-11)13(19-15)8-16-3/h10-12,16H,4-9H2,1-3H3. The first kappa shape index (κ1) is 13.4. The van der Waals surface area contributed by atoms with Crippen molar-refractivity contribution in [2.45, 2.75) is 58.0 Å². The molecule has 0 atom stereocenters. The van der Waals surface area contributed by atoms with E-state index in [0.29, 0.717) is 5.92 Å². The highest BCUT2D eigenvalue weighted by Crippen LogP contribution is 2.45. The van der Waals surface area contributed by atoms with Gasteiger partial charge in [-0.15, -0.1) is 11.3 Å². The number of aromatic nitrogens is 1. The Morgan fingerprint density at radius 3 is 2.58 bits per heavy atom. The summed E-state index contributed by atoms with van der Waals surface area (Å²) in [4.78, 5) is 9.05.